The molecule has 55 heavy (non-hydrogen) atoms. The Balaban J connectivity index is 0.869. The van der Waals surface area contributed by atoms with Crippen molar-refractivity contribution in [1.82, 2.24) is 34.6 Å². The fourth-order valence-electron chi connectivity index (χ4n) is 8.48. The van der Waals surface area contributed by atoms with Gasteiger partial charge in [-0.1, -0.05) is 18.9 Å². The molecular weight excluding hydrogens is 702 g/mol. The van der Waals surface area contributed by atoms with Gasteiger partial charge in [0.15, 0.2) is 5.78 Å². The number of piperidine rings is 1. The average molecular weight is 746 g/mol. The van der Waals surface area contributed by atoms with Crippen molar-refractivity contribution in [1.29, 1.82) is 0 Å². The third kappa shape index (κ3) is 6.77. The van der Waals surface area contributed by atoms with Crippen molar-refractivity contribution in [3.63, 3.8) is 0 Å². The van der Waals surface area contributed by atoms with Crippen LogP contribution in [-0.4, -0.2) is 104 Å². The molecule has 1 aromatic carbocycles. The van der Waals surface area contributed by atoms with E-state index in [4.69, 9.17) is 9.97 Å². The quantitative estimate of drug-likeness (QED) is 0.179. The van der Waals surface area contributed by atoms with Gasteiger partial charge in [-0.15, -0.1) is 0 Å². The summed E-state index contributed by atoms with van der Waals surface area (Å²) < 4.78 is 1.74. The second-order valence-electron chi connectivity index (χ2n) is 14.8. The number of imide groups is 2. The third-order valence-corrected chi connectivity index (χ3v) is 11.4. The Labute approximate surface area is 317 Å². The number of ketones is 1. The van der Waals surface area contributed by atoms with E-state index < -0.39 is 29.7 Å². The minimum absolute atomic E-state index is 0.0210. The molecule has 3 fully saturated rings. The molecule has 1 saturated carbocycles. The molecule has 0 radical (unpaired) electrons. The van der Waals surface area contributed by atoms with Crippen molar-refractivity contribution in [2.24, 2.45) is 0 Å². The van der Waals surface area contributed by atoms with E-state index in [1.807, 2.05) is 12.3 Å². The summed E-state index contributed by atoms with van der Waals surface area (Å²) in [6.45, 7) is 7.79. The van der Waals surface area contributed by atoms with Crippen LogP contribution in [0.1, 0.15) is 99.6 Å². The monoisotopic (exact) mass is 745 g/mol. The number of aryl methyl sites for hydroxylation is 1. The van der Waals surface area contributed by atoms with Gasteiger partial charge in [-0.25, -0.2) is 9.97 Å². The van der Waals surface area contributed by atoms with Gasteiger partial charge in [-0.2, -0.15) is 0 Å². The average Bonchev–Trinajstić information content (AvgIpc) is 3.79. The Hall–Kier alpha value is -5.83. The van der Waals surface area contributed by atoms with E-state index in [2.05, 4.69) is 31.5 Å². The second-order valence-corrected chi connectivity index (χ2v) is 14.8. The summed E-state index contributed by atoms with van der Waals surface area (Å²) in [4.78, 5) is 96.5. The number of hydrogen-bond donors (Lipinski definition) is 2. The third-order valence-electron chi connectivity index (χ3n) is 11.4. The summed E-state index contributed by atoms with van der Waals surface area (Å²) in [6.07, 6.45) is 8.06. The van der Waals surface area contributed by atoms with Crippen LogP contribution < -0.4 is 21.1 Å². The van der Waals surface area contributed by atoms with Gasteiger partial charge >= 0.3 is 0 Å². The van der Waals surface area contributed by atoms with E-state index in [0.29, 0.717) is 35.7 Å². The molecule has 3 aromatic heterocycles. The number of carbonyl (C=O) groups excluding carboxylic acids is 5. The number of pyridine rings is 2. The van der Waals surface area contributed by atoms with Crippen molar-refractivity contribution in [2.75, 3.05) is 49.5 Å². The zero-order chi connectivity index (χ0) is 38.4. The van der Waals surface area contributed by atoms with Crippen LogP contribution in [0.2, 0.25) is 0 Å². The first-order valence-corrected chi connectivity index (χ1v) is 19.0. The van der Waals surface area contributed by atoms with Crippen LogP contribution in [0.4, 0.5) is 11.4 Å². The van der Waals surface area contributed by atoms with Gasteiger partial charge in [0, 0.05) is 74.7 Å². The molecule has 0 bridgehead atoms. The van der Waals surface area contributed by atoms with E-state index in [9.17, 15) is 28.8 Å². The molecule has 1 aliphatic carbocycles. The van der Waals surface area contributed by atoms with E-state index >= 15 is 0 Å². The van der Waals surface area contributed by atoms with Crippen LogP contribution in [0.15, 0.2) is 47.5 Å². The molecule has 0 spiro atoms. The number of nitrogens with one attached hydrogen (secondary N) is 2. The lowest BCUT2D eigenvalue weighted by molar-refractivity contribution is -0.136. The number of nitrogens with zero attached hydrogens (tertiary/aromatic N) is 7. The molecule has 15 heteroatoms. The van der Waals surface area contributed by atoms with E-state index in [1.54, 1.807) is 35.9 Å². The van der Waals surface area contributed by atoms with Crippen molar-refractivity contribution >= 4 is 51.8 Å². The number of benzene rings is 1. The fourth-order valence-corrected chi connectivity index (χ4v) is 8.48. The maximum absolute atomic E-state index is 13.6. The maximum Gasteiger partial charge on any atom is 0.264 e. The lowest BCUT2D eigenvalue weighted by Crippen LogP contribution is -2.54. The number of Topliss-reactive ketones (excluding diaryl/α,β-unsaturated/α-hetero) is 1. The lowest BCUT2D eigenvalue weighted by atomic mass is 10.0. The highest BCUT2D eigenvalue weighted by Crippen LogP contribution is 2.33. The molecule has 2 saturated heterocycles. The van der Waals surface area contributed by atoms with E-state index in [-0.39, 0.29) is 46.9 Å². The van der Waals surface area contributed by atoms with Crippen LogP contribution >= 0.6 is 0 Å². The summed E-state index contributed by atoms with van der Waals surface area (Å²) in [5, 5.41) is 6.29. The molecule has 15 nitrogen and oxygen atoms in total. The summed E-state index contributed by atoms with van der Waals surface area (Å²) in [7, 11) is 0. The first kappa shape index (κ1) is 36.2. The predicted molar refractivity (Wildman–Crippen MR) is 203 cm³/mol. The van der Waals surface area contributed by atoms with Gasteiger partial charge in [0.2, 0.25) is 11.8 Å². The van der Waals surface area contributed by atoms with Crippen LogP contribution in [0.5, 0.6) is 0 Å². The van der Waals surface area contributed by atoms with Gasteiger partial charge in [-0.05, 0) is 62.9 Å². The van der Waals surface area contributed by atoms with Crippen LogP contribution in [0.25, 0.3) is 11.0 Å². The van der Waals surface area contributed by atoms with E-state index in [1.165, 1.54) is 6.92 Å². The second kappa shape index (κ2) is 14.8. The Morgan fingerprint density at radius 1 is 0.927 bits per heavy atom. The Kier molecular flexibility index (Phi) is 9.71. The number of hydrogen-bond acceptors (Lipinski definition) is 12. The van der Waals surface area contributed by atoms with Gasteiger partial charge < -0.3 is 10.2 Å². The first-order valence-electron chi connectivity index (χ1n) is 19.0. The van der Waals surface area contributed by atoms with Crippen molar-refractivity contribution in [3.05, 3.63) is 86.9 Å². The number of aromatic nitrogens is 4. The van der Waals surface area contributed by atoms with Crippen LogP contribution in [0, 0.1) is 6.92 Å². The number of carbonyl (C=O) groups is 5. The topological polar surface area (TPSA) is 180 Å². The Bertz CT molecular complexity index is 2290. The van der Waals surface area contributed by atoms with Gasteiger partial charge in [0.05, 0.1) is 35.0 Å². The largest absolute Gasteiger partial charge is 0.383 e. The van der Waals surface area contributed by atoms with Gasteiger partial charge in [0.1, 0.15) is 17.5 Å². The lowest BCUT2D eigenvalue weighted by Gasteiger charge is -2.36. The van der Waals surface area contributed by atoms with E-state index in [0.717, 1.165) is 80.1 Å². The molecule has 1 unspecified atom stereocenters. The highest BCUT2D eigenvalue weighted by Gasteiger charge is 2.45. The summed E-state index contributed by atoms with van der Waals surface area (Å²) >= 11 is 0. The maximum atomic E-state index is 13.6. The molecule has 4 aromatic rings. The molecule has 3 aliphatic heterocycles. The van der Waals surface area contributed by atoms with Crippen molar-refractivity contribution in [3.8, 4) is 0 Å². The SMILES string of the molecule is CC(=O)c1c(C)c2cnc(Cc3ccc(N4CCN(CCNc5cccc6c5C(=O)N(C5CCC(=O)NC5=O)C6=O)CC4)cn3)nc2n(C2CCCC2)c1=O. The number of piperazine rings is 1. The molecule has 8 rings (SSSR count). The van der Waals surface area contributed by atoms with Gasteiger partial charge in [0.25, 0.3) is 17.4 Å². The number of amides is 4. The number of anilines is 2. The standard InChI is InChI=1S/C40H43N9O6/c1-23-29-22-43-32(44-36(29)48(26-6-3-4-7-26)39(54)34(23)24(2)50)20-25-10-11-27(21-42-25)47-18-16-46(17-19-47)15-14-41-30-9-5-8-28-35(30)40(55)49(38(28)53)31-12-13-33(51)45-37(31)52/h5,8-11,21-22,26,31,41H,3-4,6-7,12-20H2,1-2H3,(H,45,51,52). The minimum atomic E-state index is -1.00. The van der Waals surface area contributed by atoms with Crippen molar-refractivity contribution < 1.29 is 24.0 Å². The van der Waals surface area contributed by atoms with Crippen molar-refractivity contribution in [2.45, 2.75) is 70.9 Å². The number of rotatable bonds is 10. The van der Waals surface area contributed by atoms with Crippen LogP contribution in [0.3, 0.4) is 0 Å². The summed E-state index contributed by atoms with van der Waals surface area (Å²) in [5.74, 6) is -1.76. The minimum Gasteiger partial charge on any atom is -0.383 e. The number of fused-ring (bicyclic) bond motifs is 2. The molecular formula is C40H43N9O6. The molecule has 284 valence electrons. The first-order chi connectivity index (χ1) is 26.6. The Morgan fingerprint density at radius 3 is 2.42 bits per heavy atom. The summed E-state index contributed by atoms with van der Waals surface area (Å²) in [6, 6.07) is 8.13. The smallest absolute Gasteiger partial charge is 0.264 e. The highest BCUT2D eigenvalue weighted by molar-refractivity contribution is 6.25. The molecule has 6 heterocycles. The fraction of sp³-hybridized carbons (Fsp3) is 0.425. The Morgan fingerprint density at radius 2 is 1.71 bits per heavy atom. The molecule has 4 amide bonds. The zero-order valence-electron chi connectivity index (χ0n) is 31.0. The zero-order valence-corrected chi connectivity index (χ0v) is 31.0. The highest BCUT2D eigenvalue weighted by atomic mass is 16.2. The normalized spacial score (nSPS) is 19.3. The molecule has 2 N–H and O–H groups in total. The molecule has 1 atom stereocenters. The predicted octanol–water partition coefficient (Wildman–Crippen LogP) is 3.04. The van der Waals surface area contributed by atoms with Gasteiger partial charge in [-0.3, -0.25) is 53.4 Å². The summed E-state index contributed by atoms with van der Waals surface area (Å²) in [5.41, 5.74) is 4.06. The van der Waals surface area contributed by atoms with Crippen LogP contribution in [-0.2, 0) is 16.0 Å². The molecule has 4 aliphatic rings.